The Bertz CT molecular complexity index is 1140. The van der Waals surface area contributed by atoms with E-state index in [4.69, 9.17) is 0 Å². The maximum Gasteiger partial charge on any atom is 0.251 e. The molecular formula is C27H32N4O2. The van der Waals surface area contributed by atoms with Crippen LogP contribution in [0.4, 0.5) is 5.69 Å². The minimum Gasteiger partial charge on any atom is -0.349 e. The van der Waals surface area contributed by atoms with Crippen LogP contribution >= 0.6 is 0 Å². The third-order valence-electron chi connectivity index (χ3n) is 7.25. The number of imidazole rings is 1. The highest BCUT2D eigenvalue weighted by Crippen LogP contribution is 2.29. The van der Waals surface area contributed by atoms with Crippen LogP contribution in [0.1, 0.15) is 68.6 Å². The van der Waals surface area contributed by atoms with Crippen molar-refractivity contribution in [3.63, 3.8) is 0 Å². The van der Waals surface area contributed by atoms with Gasteiger partial charge in [0.25, 0.3) is 5.91 Å². The Kier molecular flexibility index (Phi) is 6.16. The third-order valence-corrected chi connectivity index (χ3v) is 7.25. The number of anilines is 1. The minimum absolute atomic E-state index is 0.0209. The fourth-order valence-electron chi connectivity index (χ4n) is 5.10. The normalized spacial score (nSPS) is 21.2. The molecule has 33 heavy (non-hydrogen) atoms. The second-order valence-corrected chi connectivity index (χ2v) is 9.80. The van der Waals surface area contributed by atoms with Crippen LogP contribution in [0.15, 0.2) is 42.5 Å². The molecule has 2 fully saturated rings. The first kappa shape index (κ1) is 21.7. The molecule has 0 spiro atoms. The van der Waals surface area contributed by atoms with Gasteiger partial charge in [0.1, 0.15) is 5.82 Å². The predicted molar refractivity (Wildman–Crippen MR) is 131 cm³/mol. The Hall–Kier alpha value is -3.15. The number of fused-ring (bicyclic) bond motifs is 1. The summed E-state index contributed by atoms with van der Waals surface area (Å²) >= 11 is 0. The van der Waals surface area contributed by atoms with E-state index in [2.05, 4.69) is 27.5 Å². The molecule has 2 aliphatic carbocycles. The zero-order chi connectivity index (χ0) is 22.8. The van der Waals surface area contributed by atoms with Crippen LogP contribution in [0.2, 0.25) is 0 Å². The van der Waals surface area contributed by atoms with E-state index in [0.717, 1.165) is 72.6 Å². The molecule has 3 N–H and O–H groups in total. The molecule has 0 aliphatic heterocycles. The fourth-order valence-corrected chi connectivity index (χ4v) is 5.10. The summed E-state index contributed by atoms with van der Waals surface area (Å²) in [6.07, 6.45) is 8.74. The lowest BCUT2D eigenvalue weighted by molar-refractivity contribution is -0.121. The van der Waals surface area contributed by atoms with Crippen molar-refractivity contribution in [3.05, 3.63) is 48.0 Å². The van der Waals surface area contributed by atoms with Gasteiger partial charge < -0.3 is 15.6 Å². The number of hydrogen-bond donors (Lipinski definition) is 3. The van der Waals surface area contributed by atoms with E-state index in [1.165, 1.54) is 12.8 Å². The minimum atomic E-state index is -0.0209. The van der Waals surface area contributed by atoms with Gasteiger partial charge >= 0.3 is 0 Å². The highest BCUT2D eigenvalue weighted by atomic mass is 16.2. The van der Waals surface area contributed by atoms with Gasteiger partial charge in [-0.1, -0.05) is 19.8 Å². The van der Waals surface area contributed by atoms with Crippen LogP contribution in [0.3, 0.4) is 0 Å². The van der Waals surface area contributed by atoms with Crippen LogP contribution in [0, 0.1) is 11.8 Å². The first-order valence-corrected chi connectivity index (χ1v) is 12.3. The molecule has 0 atom stereocenters. The van der Waals surface area contributed by atoms with Gasteiger partial charge in [0, 0.05) is 28.8 Å². The Morgan fingerprint density at radius 3 is 2.39 bits per heavy atom. The van der Waals surface area contributed by atoms with Gasteiger partial charge in [-0.15, -0.1) is 0 Å². The molecule has 0 radical (unpaired) electrons. The van der Waals surface area contributed by atoms with E-state index >= 15 is 0 Å². The zero-order valence-electron chi connectivity index (χ0n) is 19.2. The lowest BCUT2D eigenvalue weighted by atomic mass is 9.82. The van der Waals surface area contributed by atoms with E-state index in [-0.39, 0.29) is 17.7 Å². The standard InChI is InChI=1S/C27H32N4O2/c1-17-6-8-19(9-7-17)26(32)29-22-13-10-18(11-14-22)25-30-23-15-12-20(16-24(23)31-25)27(33)28-21-4-2-3-5-21/h10-17,19,21H,2-9H2,1H3,(H,28,33)(H,29,32)(H,30,31). The van der Waals surface area contributed by atoms with Crippen molar-refractivity contribution < 1.29 is 9.59 Å². The topological polar surface area (TPSA) is 86.9 Å². The van der Waals surface area contributed by atoms with Crippen molar-refractivity contribution in [3.8, 4) is 11.4 Å². The number of aromatic nitrogens is 2. The highest BCUT2D eigenvalue weighted by molar-refractivity contribution is 5.98. The molecule has 0 saturated heterocycles. The van der Waals surface area contributed by atoms with Gasteiger partial charge in [-0.25, -0.2) is 4.98 Å². The number of nitrogens with zero attached hydrogens (tertiary/aromatic N) is 1. The lowest BCUT2D eigenvalue weighted by Crippen LogP contribution is -2.32. The quantitative estimate of drug-likeness (QED) is 0.474. The Balaban J connectivity index is 1.26. The Morgan fingerprint density at radius 2 is 1.67 bits per heavy atom. The summed E-state index contributed by atoms with van der Waals surface area (Å²) in [6, 6.07) is 13.7. The SMILES string of the molecule is CC1CCC(C(=O)Nc2ccc(-c3nc4ccc(C(=O)NC5CCCC5)cc4[nH]3)cc2)CC1. The lowest BCUT2D eigenvalue weighted by Gasteiger charge is -2.25. The average molecular weight is 445 g/mol. The average Bonchev–Trinajstić information content (AvgIpc) is 3.49. The number of H-pyrrole nitrogens is 1. The molecule has 2 amide bonds. The molecule has 5 rings (SSSR count). The van der Waals surface area contributed by atoms with Crippen molar-refractivity contribution >= 4 is 28.5 Å². The van der Waals surface area contributed by atoms with Crippen LogP contribution in [0.25, 0.3) is 22.4 Å². The molecule has 172 valence electrons. The molecule has 2 saturated carbocycles. The molecule has 0 bridgehead atoms. The summed E-state index contributed by atoms with van der Waals surface area (Å²) < 4.78 is 0. The summed E-state index contributed by atoms with van der Waals surface area (Å²) in [4.78, 5) is 33.2. The van der Waals surface area contributed by atoms with Crippen molar-refractivity contribution in [2.45, 2.75) is 64.3 Å². The van der Waals surface area contributed by atoms with E-state index in [1.807, 2.05) is 42.5 Å². The first-order valence-electron chi connectivity index (χ1n) is 12.3. The maximum absolute atomic E-state index is 12.6. The summed E-state index contributed by atoms with van der Waals surface area (Å²) in [5, 5.41) is 6.21. The third kappa shape index (κ3) is 4.95. The predicted octanol–water partition coefficient (Wildman–Crippen LogP) is 5.67. The number of benzene rings is 2. The van der Waals surface area contributed by atoms with E-state index in [9.17, 15) is 9.59 Å². The molecule has 6 heteroatoms. The maximum atomic E-state index is 12.6. The molecule has 1 heterocycles. The van der Waals surface area contributed by atoms with Gasteiger partial charge in [0.15, 0.2) is 0 Å². The van der Waals surface area contributed by atoms with Crippen LogP contribution in [-0.4, -0.2) is 27.8 Å². The molecule has 2 aliphatic rings. The largest absolute Gasteiger partial charge is 0.349 e. The summed E-state index contributed by atoms with van der Waals surface area (Å²) in [5.74, 6) is 1.71. The van der Waals surface area contributed by atoms with Crippen LogP contribution < -0.4 is 10.6 Å². The van der Waals surface area contributed by atoms with Crippen LogP contribution in [-0.2, 0) is 4.79 Å². The molecule has 3 aromatic rings. The van der Waals surface area contributed by atoms with Crippen molar-refractivity contribution in [2.24, 2.45) is 11.8 Å². The van der Waals surface area contributed by atoms with E-state index in [0.29, 0.717) is 11.6 Å². The number of rotatable bonds is 5. The fraction of sp³-hybridized carbons (Fsp3) is 0.444. The van der Waals surface area contributed by atoms with Crippen LogP contribution in [0.5, 0.6) is 0 Å². The Labute approximate surface area is 194 Å². The van der Waals surface area contributed by atoms with E-state index < -0.39 is 0 Å². The molecular weight excluding hydrogens is 412 g/mol. The number of carbonyl (C=O) groups is 2. The van der Waals surface area contributed by atoms with Crippen molar-refractivity contribution in [1.29, 1.82) is 0 Å². The smallest absolute Gasteiger partial charge is 0.251 e. The summed E-state index contributed by atoms with van der Waals surface area (Å²) in [7, 11) is 0. The highest BCUT2D eigenvalue weighted by Gasteiger charge is 2.24. The van der Waals surface area contributed by atoms with Crippen molar-refractivity contribution in [1.82, 2.24) is 15.3 Å². The first-order chi connectivity index (χ1) is 16.0. The number of hydrogen-bond acceptors (Lipinski definition) is 3. The van der Waals surface area contributed by atoms with Gasteiger partial charge in [-0.2, -0.15) is 0 Å². The second-order valence-electron chi connectivity index (χ2n) is 9.80. The monoisotopic (exact) mass is 444 g/mol. The molecule has 2 aromatic carbocycles. The number of amides is 2. The second kappa shape index (κ2) is 9.38. The molecule has 1 aromatic heterocycles. The van der Waals surface area contributed by atoms with Gasteiger partial charge in [-0.05, 0) is 86.9 Å². The van der Waals surface area contributed by atoms with Gasteiger partial charge in [0.05, 0.1) is 11.0 Å². The Morgan fingerprint density at radius 1 is 0.939 bits per heavy atom. The number of aromatic amines is 1. The summed E-state index contributed by atoms with van der Waals surface area (Å²) in [6.45, 7) is 2.26. The number of nitrogens with one attached hydrogen (secondary N) is 3. The van der Waals surface area contributed by atoms with Crippen molar-refractivity contribution in [2.75, 3.05) is 5.32 Å². The molecule has 0 unspecified atom stereocenters. The van der Waals surface area contributed by atoms with E-state index in [1.54, 1.807) is 0 Å². The van der Waals surface area contributed by atoms with Gasteiger partial charge in [0.2, 0.25) is 5.91 Å². The zero-order valence-corrected chi connectivity index (χ0v) is 19.2. The molecule has 6 nitrogen and oxygen atoms in total. The number of carbonyl (C=O) groups excluding carboxylic acids is 2. The van der Waals surface area contributed by atoms with Gasteiger partial charge in [-0.3, -0.25) is 9.59 Å². The summed E-state index contributed by atoms with van der Waals surface area (Å²) in [5.41, 5.74) is 4.07.